The highest BCUT2D eigenvalue weighted by Crippen LogP contribution is 2.26. The van der Waals surface area contributed by atoms with E-state index in [-0.39, 0.29) is 6.04 Å². The minimum Gasteiger partial charge on any atom is -0.497 e. The predicted molar refractivity (Wildman–Crippen MR) is 88.7 cm³/mol. The minimum absolute atomic E-state index is 0.271. The quantitative estimate of drug-likeness (QED) is 0.844. The van der Waals surface area contributed by atoms with Crippen LogP contribution in [0.2, 0.25) is 5.02 Å². The van der Waals surface area contributed by atoms with Gasteiger partial charge in [-0.25, -0.2) is 0 Å². The van der Waals surface area contributed by atoms with Crippen LogP contribution in [0.1, 0.15) is 24.1 Å². The fourth-order valence-electron chi connectivity index (χ4n) is 2.25. The lowest BCUT2D eigenvalue weighted by molar-refractivity contribution is 0.253. The van der Waals surface area contributed by atoms with Crippen molar-refractivity contribution in [3.63, 3.8) is 0 Å². The standard InChI is InChI=1S/C17H21ClN2O/c1-12(13-4-6-15(18)7-5-13)20(2)11-14-10-16(21-3)8-9-17(14)19/h4-10,12H,11,19H2,1-3H3. The largest absolute Gasteiger partial charge is 0.497 e. The van der Waals surface area contributed by atoms with E-state index in [0.29, 0.717) is 0 Å². The lowest BCUT2D eigenvalue weighted by Crippen LogP contribution is -2.22. The summed E-state index contributed by atoms with van der Waals surface area (Å²) in [5.41, 5.74) is 9.13. The summed E-state index contributed by atoms with van der Waals surface area (Å²) in [4.78, 5) is 2.24. The van der Waals surface area contributed by atoms with Crippen molar-refractivity contribution >= 4 is 17.3 Å². The Hall–Kier alpha value is -1.71. The third-order valence-electron chi connectivity index (χ3n) is 3.78. The van der Waals surface area contributed by atoms with Crippen LogP contribution >= 0.6 is 11.6 Å². The van der Waals surface area contributed by atoms with E-state index in [4.69, 9.17) is 22.1 Å². The highest BCUT2D eigenvalue weighted by Gasteiger charge is 2.13. The molecule has 21 heavy (non-hydrogen) atoms. The van der Waals surface area contributed by atoms with Gasteiger partial charge in [-0.1, -0.05) is 23.7 Å². The van der Waals surface area contributed by atoms with Crippen molar-refractivity contribution in [2.24, 2.45) is 0 Å². The fraction of sp³-hybridized carbons (Fsp3) is 0.294. The molecule has 0 saturated carbocycles. The van der Waals surface area contributed by atoms with Gasteiger partial charge < -0.3 is 10.5 Å². The Labute approximate surface area is 131 Å². The molecule has 0 aliphatic heterocycles. The summed E-state index contributed by atoms with van der Waals surface area (Å²) >= 11 is 5.94. The smallest absolute Gasteiger partial charge is 0.119 e. The number of benzene rings is 2. The summed E-state index contributed by atoms with van der Waals surface area (Å²) in [6.07, 6.45) is 0. The first kappa shape index (κ1) is 15.7. The molecule has 112 valence electrons. The summed E-state index contributed by atoms with van der Waals surface area (Å²) in [5.74, 6) is 0.826. The highest BCUT2D eigenvalue weighted by molar-refractivity contribution is 6.30. The van der Waals surface area contributed by atoms with Crippen LogP contribution in [0.3, 0.4) is 0 Å². The number of ether oxygens (including phenoxy) is 1. The van der Waals surface area contributed by atoms with E-state index >= 15 is 0 Å². The number of hydrogen-bond donors (Lipinski definition) is 1. The van der Waals surface area contributed by atoms with Gasteiger partial charge in [-0.05, 0) is 55.4 Å². The molecular weight excluding hydrogens is 284 g/mol. The minimum atomic E-state index is 0.271. The molecular formula is C17H21ClN2O. The molecule has 2 N–H and O–H groups in total. The van der Waals surface area contributed by atoms with E-state index in [1.807, 2.05) is 30.3 Å². The number of nitrogens with two attached hydrogens (primary N) is 1. The number of anilines is 1. The number of hydrogen-bond acceptors (Lipinski definition) is 3. The Morgan fingerprint density at radius 1 is 1.19 bits per heavy atom. The molecule has 0 bridgehead atoms. The lowest BCUT2D eigenvalue weighted by Gasteiger charge is -2.26. The monoisotopic (exact) mass is 304 g/mol. The van der Waals surface area contributed by atoms with E-state index in [2.05, 4.69) is 31.0 Å². The number of nitrogen functional groups attached to an aromatic ring is 1. The van der Waals surface area contributed by atoms with Crippen molar-refractivity contribution < 1.29 is 4.74 Å². The van der Waals surface area contributed by atoms with E-state index in [9.17, 15) is 0 Å². The molecule has 3 nitrogen and oxygen atoms in total. The summed E-state index contributed by atoms with van der Waals surface area (Å²) in [7, 11) is 3.74. The number of halogens is 1. The molecule has 2 aromatic carbocycles. The van der Waals surface area contributed by atoms with Crippen LogP contribution < -0.4 is 10.5 Å². The van der Waals surface area contributed by atoms with Crippen LogP contribution in [-0.2, 0) is 6.54 Å². The first-order valence-electron chi connectivity index (χ1n) is 6.89. The number of nitrogens with zero attached hydrogens (tertiary/aromatic N) is 1. The van der Waals surface area contributed by atoms with Crippen molar-refractivity contribution in [2.45, 2.75) is 19.5 Å². The summed E-state index contributed by atoms with van der Waals surface area (Å²) in [6, 6.07) is 14.0. The second kappa shape index (κ2) is 6.83. The molecule has 0 amide bonds. The zero-order valence-corrected chi connectivity index (χ0v) is 13.4. The zero-order chi connectivity index (χ0) is 15.4. The average Bonchev–Trinajstić information content (AvgIpc) is 2.49. The lowest BCUT2D eigenvalue weighted by atomic mass is 10.1. The van der Waals surface area contributed by atoms with Gasteiger partial charge in [-0.15, -0.1) is 0 Å². The van der Waals surface area contributed by atoms with E-state index in [1.54, 1.807) is 7.11 Å². The molecule has 0 aromatic heterocycles. The van der Waals surface area contributed by atoms with Gasteiger partial charge in [0.2, 0.25) is 0 Å². The Bertz CT molecular complexity index is 598. The van der Waals surface area contributed by atoms with Gasteiger partial charge >= 0.3 is 0 Å². The molecule has 0 saturated heterocycles. The predicted octanol–water partition coefficient (Wildman–Crippen LogP) is 4.12. The third-order valence-corrected chi connectivity index (χ3v) is 4.04. The molecule has 0 aliphatic carbocycles. The second-order valence-corrected chi connectivity index (χ2v) is 5.64. The first-order valence-corrected chi connectivity index (χ1v) is 7.27. The van der Waals surface area contributed by atoms with Crippen molar-refractivity contribution in [2.75, 3.05) is 19.9 Å². The van der Waals surface area contributed by atoms with Crippen molar-refractivity contribution in [3.05, 3.63) is 58.6 Å². The maximum absolute atomic E-state index is 6.05. The molecule has 0 heterocycles. The van der Waals surface area contributed by atoms with Gasteiger partial charge in [0, 0.05) is 23.3 Å². The molecule has 1 unspecified atom stereocenters. The van der Waals surface area contributed by atoms with Gasteiger partial charge in [-0.3, -0.25) is 4.90 Å². The topological polar surface area (TPSA) is 38.5 Å². The van der Waals surface area contributed by atoms with Crippen LogP contribution in [0.5, 0.6) is 5.75 Å². The van der Waals surface area contributed by atoms with E-state index < -0.39 is 0 Å². The molecule has 0 fully saturated rings. The van der Waals surface area contributed by atoms with Crippen LogP contribution in [0.25, 0.3) is 0 Å². The van der Waals surface area contributed by atoms with Gasteiger partial charge in [0.05, 0.1) is 7.11 Å². The summed E-state index contributed by atoms with van der Waals surface area (Å²) < 4.78 is 5.26. The normalized spacial score (nSPS) is 12.4. The van der Waals surface area contributed by atoms with Crippen LogP contribution in [0.15, 0.2) is 42.5 Å². The molecule has 0 radical (unpaired) electrons. The van der Waals surface area contributed by atoms with Crippen molar-refractivity contribution in [1.29, 1.82) is 0 Å². The SMILES string of the molecule is COc1ccc(N)c(CN(C)C(C)c2ccc(Cl)cc2)c1. The third kappa shape index (κ3) is 3.90. The zero-order valence-electron chi connectivity index (χ0n) is 12.6. The Kier molecular flexibility index (Phi) is 5.10. The molecule has 2 rings (SSSR count). The Morgan fingerprint density at radius 2 is 1.86 bits per heavy atom. The maximum Gasteiger partial charge on any atom is 0.119 e. The fourth-order valence-corrected chi connectivity index (χ4v) is 2.37. The molecule has 0 aliphatic rings. The van der Waals surface area contributed by atoms with Crippen LogP contribution in [-0.4, -0.2) is 19.1 Å². The molecule has 0 spiro atoms. The first-order chi connectivity index (χ1) is 10.0. The van der Waals surface area contributed by atoms with Crippen LogP contribution in [0.4, 0.5) is 5.69 Å². The highest BCUT2D eigenvalue weighted by atomic mass is 35.5. The van der Waals surface area contributed by atoms with E-state index in [1.165, 1.54) is 5.56 Å². The van der Waals surface area contributed by atoms with Crippen molar-refractivity contribution in [3.8, 4) is 5.75 Å². The van der Waals surface area contributed by atoms with Gasteiger partial charge in [-0.2, -0.15) is 0 Å². The van der Waals surface area contributed by atoms with Crippen molar-refractivity contribution in [1.82, 2.24) is 4.90 Å². The molecule has 1 atom stereocenters. The average molecular weight is 305 g/mol. The molecule has 4 heteroatoms. The van der Waals surface area contributed by atoms with Gasteiger partial charge in [0.25, 0.3) is 0 Å². The Balaban J connectivity index is 2.13. The van der Waals surface area contributed by atoms with Crippen LogP contribution in [0, 0.1) is 0 Å². The molecule has 2 aromatic rings. The second-order valence-electron chi connectivity index (χ2n) is 5.21. The number of methoxy groups -OCH3 is 1. The van der Waals surface area contributed by atoms with Gasteiger partial charge in [0.1, 0.15) is 5.75 Å². The summed E-state index contributed by atoms with van der Waals surface area (Å²) in [5, 5.41) is 0.755. The van der Waals surface area contributed by atoms with Gasteiger partial charge in [0.15, 0.2) is 0 Å². The summed E-state index contributed by atoms with van der Waals surface area (Å²) in [6.45, 7) is 2.92. The van der Waals surface area contributed by atoms with E-state index in [0.717, 1.165) is 28.6 Å². The Morgan fingerprint density at radius 3 is 2.48 bits per heavy atom. The number of rotatable bonds is 5. The maximum atomic E-state index is 6.05.